The zero-order chi connectivity index (χ0) is 39.4. The Bertz CT molecular complexity index is 2130. The molecule has 4 N–H and O–H groups in total. The fourth-order valence-electron chi connectivity index (χ4n) is 6.65. The minimum absolute atomic E-state index is 0.0576. The van der Waals surface area contributed by atoms with Gasteiger partial charge in [-0.1, -0.05) is 125 Å². The van der Waals surface area contributed by atoms with Crippen LogP contribution >= 0.6 is 15.9 Å². The quantitative estimate of drug-likeness (QED) is 0.132. The van der Waals surface area contributed by atoms with Gasteiger partial charge >= 0.3 is 5.97 Å². The van der Waals surface area contributed by atoms with Crippen LogP contribution in [-0.2, 0) is 43.2 Å². The smallest absolute Gasteiger partial charge is 0.307 e. The van der Waals surface area contributed by atoms with E-state index in [1.165, 1.54) is 0 Å². The summed E-state index contributed by atoms with van der Waals surface area (Å²) in [5.74, 6) is -4.13. The number of halogens is 1. The molecule has 4 atom stereocenters. The van der Waals surface area contributed by atoms with E-state index in [1.54, 1.807) is 48.5 Å². The van der Waals surface area contributed by atoms with Crippen LogP contribution in [0.2, 0.25) is 0 Å². The van der Waals surface area contributed by atoms with E-state index in [1.807, 2.05) is 84.9 Å². The Morgan fingerprint density at radius 3 is 1.95 bits per heavy atom. The van der Waals surface area contributed by atoms with Gasteiger partial charge in [-0.05, 0) is 76.9 Å². The maximum atomic E-state index is 14.4. The van der Waals surface area contributed by atoms with E-state index in [0.29, 0.717) is 23.3 Å². The van der Waals surface area contributed by atoms with Gasteiger partial charge in [-0.3, -0.25) is 24.0 Å². The Hall–Kier alpha value is -6.07. The largest absolute Gasteiger partial charge is 0.484 e. The summed E-state index contributed by atoms with van der Waals surface area (Å²) in [7, 11) is 0. The fourth-order valence-corrected chi connectivity index (χ4v) is 6.92. The third kappa shape index (κ3) is 11.0. The van der Waals surface area contributed by atoms with Crippen molar-refractivity contribution in [3.63, 3.8) is 0 Å². The van der Waals surface area contributed by atoms with Crippen molar-refractivity contribution in [2.24, 2.45) is 5.92 Å². The van der Waals surface area contributed by atoms with Gasteiger partial charge in [0.25, 0.3) is 5.91 Å². The van der Waals surface area contributed by atoms with E-state index < -0.39 is 60.1 Å². The monoisotopic (exact) mass is 815 g/mol. The summed E-state index contributed by atoms with van der Waals surface area (Å²) in [6.45, 7) is -0.410. The van der Waals surface area contributed by atoms with Crippen molar-refractivity contribution in [1.82, 2.24) is 16.0 Å². The van der Waals surface area contributed by atoms with Crippen LogP contribution in [0.25, 0.3) is 11.1 Å². The number of aliphatic carboxylic acids is 1. The zero-order valence-corrected chi connectivity index (χ0v) is 32.1. The van der Waals surface area contributed by atoms with Gasteiger partial charge in [-0.25, -0.2) is 0 Å². The van der Waals surface area contributed by atoms with Crippen LogP contribution in [0.15, 0.2) is 138 Å². The maximum absolute atomic E-state index is 14.4. The average molecular weight is 817 g/mol. The van der Waals surface area contributed by atoms with Gasteiger partial charge in [0.1, 0.15) is 17.8 Å². The number of carboxylic acid groups (broad SMARTS) is 1. The van der Waals surface area contributed by atoms with Crippen molar-refractivity contribution < 1.29 is 33.8 Å². The third-order valence-electron chi connectivity index (χ3n) is 9.75. The first kappa shape index (κ1) is 39.6. The fraction of sp³-hybridized carbons (Fsp3) is 0.222. The van der Waals surface area contributed by atoms with Crippen LogP contribution in [0.3, 0.4) is 0 Å². The van der Waals surface area contributed by atoms with Gasteiger partial charge in [0.15, 0.2) is 12.4 Å². The van der Waals surface area contributed by atoms with E-state index in [4.69, 9.17) is 4.74 Å². The molecule has 5 aromatic carbocycles. The van der Waals surface area contributed by atoms with Crippen molar-refractivity contribution in [1.29, 1.82) is 0 Å². The molecule has 1 unspecified atom stereocenters. The maximum Gasteiger partial charge on any atom is 0.307 e. The second-order valence-corrected chi connectivity index (χ2v) is 14.7. The number of amides is 3. The van der Waals surface area contributed by atoms with E-state index in [2.05, 4.69) is 31.9 Å². The molecule has 0 fully saturated rings. The standard InChI is InChI=1S/C45H42BrN3O7/c46-36-20-18-34(19-21-36)42-44(53)48-39(26-31-11-16-33(17-12-31)32-9-5-2-6-10-32)43(52)47-38(24-15-29-7-3-1-4-8-29)40(50)27-35(45(54)55)25-30-13-22-37(23-14-30)56-28-41(51)49-42/h1-14,16-23,35,38-39,42H,15,24-28H2,(H,47,52)(H,48,53)(H,49,51)(H,54,55)/t35-,38-,39+,42?/m1/s1. The Balaban J connectivity index is 1.35. The summed E-state index contributed by atoms with van der Waals surface area (Å²) in [4.78, 5) is 68.5. The normalized spacial score (nSPS) is 19.7. The molecule has 0 spiro atoms. The number of nitrogens with one attached hydrogen (secondary N) is 3. The van der Waals surface area contributed by atoms with E-state index in [-0.39, 0.29) is 25.7 Å². The molecule has 286 valence electrons. The lowest BCUT2D eigenvalue weighted by Crippen LogP contribution is -2.55. The molecule has 2 heterocycles. The van der Waals surface area contributed by atoms with Crippen molar-refractivity contribution >= 4 is 45.4 Å². The first-order valence-corrected chi connectivity index (χ1v) is 19.2. The molecule has 0 saturated heterocycles. The lowest BCUT2D eigenvalue weighted by atomic mass is 9.90. The highest BCUT2D eigenvalue weighted by Gasteiger charge is 2.32. The van der Waals surface area contributed by atoms with Gasteiger partial charge < -0.3 is 25.8 Å². The number of Topliss-reactive ketones (excluding diaryl/α,β-unsaturated/α-hetero) is 1. The van der Waals surface area contributed by atoms with Gasteiger partial charge in [0.05, 0.1) is 12.0 Å². The molecule has 56 heavy (non-hydrogen) atoms. The van der Waals surface area contributed by atoms with Crippen LogP contribution in [0, 0.1) is 5.92 Å². The third-order valence-corrected chi connectivity index (χ3v) is 10.3. The van der Waals surface area contributed by atoms with Crippen molar-refractivity contribution in [2.75, 3.05) is 6.61 Å². The van der Waals surface area contributed by atoms with Gasteiger partial charge in [0.2, 0.25) is 11.8 Å². The summed E-state index contributed by atoms with van der Waals surface area (Å²) in [5, 5.41) is 18.7. The van der Waals surface area contributed by atoms with E-state index in [9.17, 15) is 29.1 Å². The highest BCUT2D eigenvalue weighted by atomic mass is 79.9. The molecule has 11 heteroatoms. The Morgan fingerprint density at radius 1 is 0.661 bits per heavy atom. The van der Waals surface area contributed by atoms with Gasteiger partial charge in [0, 0.05) is 17.3 Å². The molecular formula is C45H42BrN3O7. The van der Waals surface area contributed by atoms with Crippen LogP contribution in [0.5, 0.6) is 5.75 Å². The number of hydrogen-bond donors (Lipinski definition) is 4. The lowest BCUT2D eigenvalue weighted by molar-refractivity contribution is -0.144. The lowest BCUT2D eigenvalue weighted by Gasteiger charge is -2.26. The molecule has 0 aliphatic carbocycles. The van der Waals surface area contributed by atoms with Gasteiger partial charge in [-0.15, -0.1) is 0 Å². The molecule has 5 aromatic rings. The first-order valence-electron chi connectivity index (χ1n) is 18.4. The molecule has 0 aromatic heterocycles. The summed E-state index contributed by atoms with van der Waals surface area (Å²) in [6.07, 6.45) is 0.439. The minimum Gasteiger partial charge on any atom is -0.484 e. The molecule has 0 saturated carbocycles. The molecule has 0 radical (unpaired) electrons. The van der Waals surface area contributed by atoms with E-state index in [0.717, 1.165) is 26.7 Å². The number of hydrogen-bond acceptors (Lipinski definition) is 6. The van der Waals surface area contributed by atoms with Crippen molar-refractivity contribution in [3.05, 3.63) is 160 Å². The topological polar surface area (TPSA) is 151 Å². The summed E-state index contributed by atoms with van der Waals surface area (Å²) >= 11 is 3.42. The molecule has 2 aliphatic rings. The van der Waals surface area contributed by atoms with Gasteiger partial charge in [-0.2, -0.15) is 0 Å². The molecule has 3 amide bonds. The number of ether oxygens (including phenoxy) is 1. The molecule has 2 bridgehead atoms. The molecule has 2 aliphatic heterocycles. The summed E-state index contributed by atoms with van der Waals surface area (Å²) in [6, 6.07) is 37.0. The Kier molecular flexibility index (Phi) is 13.4. The highest BCUT2D eigenvalue weighted by Crippen LogP contribution is 2.23. The van der Waals surface area contributed by atoms with Crippen LogP contribution in [0.4, 0.5) is 0 Å². The molecule has 10 nitrogen and oxygen atoms in total. The predicted molar refractivity (Wildman–Crippen MR) is 216 cm³/mol. The first-order chi connectivity index (χ1) is 27.1. The summed E-state index contributed by atoms with van der Waals surface area (Å²) < 4.78 is 6.48. The number of aryl methyl sites for hydroxylation is 1. The zero-order valence-electron chi connectivity index (χ0n) is 30.5. The average Bonchev–Trinajstić information content (AvgIpc) is 3.21. The summed E-state index contributed by atoms with van der Waals surface area (Å²) in [5.41, 5.74) is 4.80. The number of carbonyl (C=O) groups excluding carboxylic acids is 4. The molecular weight excluding hydrogens is 774 g/mol. The SMILES string of the molecule is O=C1COc2ccc(cc2)C[C@@H](C(=O)O)CC(=O)[C@@H](CCc2ccccc2)NC(=O)[C@H](Cc2ccc(-c3ccccc3)cc2)NC(=O)C(c2ccc(Br)cc2)N1. The number of carbonyl (C=O) groups is 5. The van der Waals surface area contributed by atoms with E-state index >= 15 is 0 Å². The second kappa shape index (κ2) is 19.0. The van der Waals surface area contributed by atoms with Crippen molar-refractivity contribution in [3.8, 4) is 16.9 Å². The number of benzene rings is 5. The number of fused-ring (bicyclic) bond motifs is 16. The number of carboxylic acids is 1. The highest BCUT2D eigenvalue weighted by molar-refractivity contribution is 9.10. The molecule has 7 rings (SSSR count). The Labute approximate surface area is 333 Å². The minimum atomic E-state index is -1.20. The second-order valence-electron chi connectivity index (χ2n) is 13.8. The number of ketones is 1. The number of rotatable bonds is 8. The van der Waals surface area contributed by atoms with Crippen LogP contribution < -0.4 is 20.7 Å². The van der Waals surface area contributed by atoms with Crippen LogP contribution in [-0.4, -0.2) is 53.3 Å². The van der Waals surface area contributed by atoms with Crippen LogP contribution in [0.1, 0.15) is 41.1 Å². The predicted octanol–water partition coefficient (Wildman–Crippen LogP) is 6.41. The van der Waals surface area contributed by atoms with Crippen molar-refractivity contribution in [2.45, 2.75) is 50.2 Å². The Morgan fingerprint density at radius 2 is 1.29 bits per heavy atom.